The zero-order valence-electron chi connectivity index (χ0n) is 10.3. The Morgan fingerprint density at radius 2 is 1.88 bits per heavy atom. The third-order valence-electron chi connectivity index (χ3n) is 2.65. The lowest BCUT2D eigenvalue weighted by Crippen LogP contribution is -2.10. The number of anilines is 1. The summed E-state index contributed by atoms with van der Waals surface area (Å²) in [4.78, 5) is 11.6. The molecule has 1 aromatic carbocycles. The summed E-state index contributed by atoms with van der Waals surface area (Å²) in [7, 11) is 0. The maximum absolute atomic E-state index is 11.6. The number of nitrogens with one attached hydrogen (secondary N) is 1. The second-order valence-corrected chi connectivity index (χ2v) is 4.46. The largest absolute Gasteiger partial charge is 0.326 e. The van der Waals surface area contributed by atoms with Gasteiger partial charge in [0.1, 0.15) is 0 Å². The fourth-order valence-electron chi connectivity index (χ4n) is 1.61. The highest BCUT2D eigenvalue weighted by Crippen LogP contribution is 2.12. The molecule has 0 fully saturated rings. The van der Waals surface area contributed by atoms with Gasteiger partial charge in [0.2, 0.25) is 5.91 Å². The Morgan fingerprint density at radius 1 is 1.18 bits per heavy atom. The molecule has 0 heterocycles. The lowest BCUT2D eigenvalue weighted by molar-refractivity contribution is -0.116. The Morgan fingerprint density at radius 3 is 2.47 bits per heavy atom. The van der Waals surface area contributed by atoms with Crippen LogP contribution in [0.15, 0.2) is 24.3 Å². The van der Waals surface area contributed by atoms with E-state index in [1.165, 1.54) is 12.8 Å². The van der Waals surface area contributed by atoms with Crippen LogP contribution in [0.5, 0.6) is 0 Å². The summed E-state index contributed by atoms with van der Waals surface area (Å²) in [6.07, 6.45) is 5.12. The van der Waals surface area contributed by atoms with E-state index in [1.54, 1.807) is 0 Å². The number of rotatable bonds is 7. The number of amides is 1. The van der Waals surface area contributed by atoms with E-state index in [-0.39, 0.29) is 5.91 Å². The average molecular weight is 254 g/mol. The molecule has 0 saturated heterocycles. The van der Waals surface area contributed by atoms with Gasteiger partial charge in [0, 0.05) is 18.0 Å². The van der Waals surface area contributed by atoms with Crippen molar-refractivity contribution in [3.8, 4) is 0 Å². The second-order valence-electron chi connectivity index (χ2n) is 4.19. The van der Waals surface area contributed by atoms with Crippen LogP contribution in [0, 0.1) is 0 Å². The first-order chi connectivity index (χ1) is 8.26. The molecule has 1 N–H and O–H groups in total. The van der Waals surface area contributed by atoms with Crippen LogP contribution in [0.4, 0.5) is 5.69 Å². The molecule has 0 saturated carbocycles. The molecular weight excluding hydrogens is 234 g/mol. The smallest absolute Gasteiger partial charge is 0.224 e. The Balaban J connectivity index is 2.29. The van der Waals surface area contributed by atoms with E-state index < -0.39 is 0 Å². The minimum absolute atomic E-state index is 0.0970. The summed E-state index contributed by atoms with van der Waals surface area (Å²) in [5.74, 6) is 0.602. The van der Waals surface area contributed by atoms with Crippen LogP contribution in [0.25, 0.3) is 0 Å². The monoisotopic (exact) mass is 253 g/mol. The number of alkyl halides is 1. The lowest BCUT2D eigenvalue weighted by atomic mass is 10.1. The van der Waals surface area contributed by atoms with Crippen LogP contribution in [0.2, 0.25) is 0 Å². The van der Waals surface area contributed by atoms with Gasteiger partial charge in [-0.3, -0.25) is 4.79 Å². The van der Waals surface area contributed by atoms with Crippen molar-refractivity contribution >= 4 is 23.2 Å². The van der Waals surface area contributed by atoms with Crippen LogP contribution >= 0.6 is 11.6 Å². The molecule has 0 aliphatic carbocycles. The Labute approximate surface area is 108 Å². The van der Waals surface area contributed by atoms with Gasteiger partial charge in [-0.05, 0) is 24.1 Å². The first-order valence-corrected chi connectivity index (χ1v) is 6.74. The van der Waals surface area contributed by atoms with Gasteiger partial charge in [-0.2, -0.15) is 0 Å². The molecule has 0 bridgehead atoms. The molecule has 0 aliphatic rings. The van der Waals surface area contributed by atoms with E-state index in [0.717, 1.165) is 24.1 Å². The molecule has 3 heteroatoms. The zero-order chi connectivity index (χ0) is 12.5. The first kappa shape index (κ1) is 14.0. The third kappa shape index (κ3) is 5.73. The van der Waals surface area contributed by atoms with E-state index >= 15 is 0 Å². The molecule has 0 radical (unpaired) electrons. The number of unbranched alkanes of at least 4 members (excludes halogenated alkanes) is 3. The molecule has 0 spiro atoms. The maximum atomic E-state index is 11.6. The molecule has 1 amide bonds. The highest BCUT2D eigenvalue weighted by atomic mass is 35.5. The summed E-state index contributed by atoms with van der Waals surface area (Å²) < 4.78 is 0. The van der Waals surface area contributed by atoms with Crippen LogP contribution < -0.4 is 5.32 Å². The lowest BCUT2D eigenvalue weighted by Gasteiger charge is -2.05. The van der Waals surface area contributed by atoms with Crippen LogP contribution in [-0.2, 0) is 10.7 Å². The minimum atomic E-state index is 0.0970. The average Bonchev–Trinajstić information content (AvgIpc) is 2.36. The fraction of sp³-hybridized carbons (Fsp3) is 0.500. The molecule has 1 aromatic rings. The standard InChI is InChI=1S/C14H20ClNO/c1-2-3-4-5-6-14(17)16-13-9-7-12(11-15)8-10-13/h7-10H,2-6,11H2,1H3,(H,16,17). The predicted molar refractivity (Wildman–Crippen MR) is 73.4 cm³/mol. The number of carbonyl (C=O) groups is 1. The van der Waals surface area contributed by atoms with Gasteiger partial charge < -0.3 is 5.32 Å². The highest BCUT2D eigenvalue weighted by Gasteiger charge is 2.01. The van der Waals surface area contributed by atoms with E-state index in [0.29, 0.717) is 12.3 Å². The summed E-state index contributed by atoms with van der Waals surface area (Å²) >= 11 is 5.70. The predicted octanol–water partition coefficient (Wildman–Crippen LogP) is 4.33. The van der Waals surface area contributed by atoms with Crippen molar-refractivity contribution in [3.05, 3.63) is 29.8 Å². The molecule has 2 nitrogen and oxygen atoms in total. The van der Waals surface area contributed by atoms with Crippen molar-refractivity contribution in [3.63, 3.8) is 0 Å². The van der Waals surface area contributed by atoms with Crippen molar-refractivity contribution in [2.45, 2.75) is 44.9 Å². The van der Waals surface area contributed by atoms with Crippen LogP contribution in [0.3, 0.4) is 0 Å². The van der Waals surface area contributed by atoms with Crippen molar-refractivity contribution < 1.29 is 4.79 Å². The minimum Gasteiger partial charge on any atom is -0.326 e. The normalized spacial score (nSPS) is 10.2. The molecule has 0 aliphatic heterocycles. The maximum Gasteiger partial charge on any atom is 0.224 e. The number of hydrogen-bond donors (Lipinski definition) is 1. The van der Waals surface area contributed by atoms with E-state index in [9.17, 15) is 4.79 Å². The SMILES string of the molecule is CCCCCCC(=O)Nc1ccc(CCl)cc1. The van der Waals surface area contributed by atoms with E-state index in [2.05, 4.69) is 12.2 Å². The van der Waals surface area contributed by atoms with Gasteiger partial charge in [0.05, 0.1) is 0 Å². The van der Waals surface area contributed by atoms with Crippen molar-refractivity contribution in [2.75, 3.05) is 5.32 Å². The summed E-state index contributed by atoms with van der Waals surface area (Å²) in [6, 6.07) is 7.64. The summed E-state index contributed by atoms with van der Waals surface area (Å²) in [5.41, 5.74) is 1.91. The van der Waals surface area contributed by atoms with Crippen LogP contribution in [-0.4, -0.2) is 5.91 Å². The molecule has 1 rings (SSSR count). The Kier molecular flexibility index (Phi) is 6.71. The number of carbonyl (C=O) groups excluding carboxylic acids is 1. The zero-order valence-corrected chi connectivity index (χ0v) is 11.1. The Bertz CT molecular complexity index is 335. The molecule has 94 valence electrons. The van der Waals surface area contributed by atoms with Gasteiger partial charge in [0.15, 0.2) is 0 Å². The van der Waals surface area contributed by atoms with E-state index in [4.69, 9.17) is 11.6 Å². The van der Waals surface area contributed by atoms with Crippen LogP contribution in [0.1, 0.15) is 44.6 Å². The molecule has 0 unspecified atom stereocenters. The number of halogens is 1. The highest BCUT2D eigenvalue weighted by molar-refractivity contribution is 6.17. The van der Waals surface area contributed by atoms with Crippen molar-refractivity contribution in [1.82, 2.24) is 0 Å². The second kappa shape index (κ2) is 8.13. The topological polar surface area (TPSA) is 29.1 Å². The van der Waals surface area contributed by atoms with Gasteiger partial charge in [0.25, 0.3) is 0 Å². The van der Waals surface area contributed by atoms with Gasteiger partial charge >= 0.3 is 0 Å². The molecule has 17 heavy (non-hydrogen) atoms. The summed E-state index contributed by atoms with van der Waals surface area (Å²) in [5, 5.41) is 2.89. The first-order valence-electron chi connectivity index (χ1n) is 6.21. The molecule has 0 aromatic heterocycles. The van der Waals surface area contributed by atoms with Crippen molar-refractivity contribution in [2.24, 2.45) is 0 Å². The number of hydrogen-bond acceptors (Lipinski definition) is 1. The van der Waals surface area contributed by atoms with Crippen molar-refractivity contribution in [1.29, 1.82) is 0 Å². The third-order valence-corrected chi connectivity index (χ3v) is 2.96. The Hall–Kier alpha value is -1.02. The van der Waals surface area contributed by atoms with Gasteiger partial charge in [-0.1, -0.05) is 38.3 Å². The fourth-order valence-corrected chi connectivity index (χ4v) is 1.79. The van der Waals surface area contributed by atoms with Gasteiger partial charge in [-0.15, -0.1) is 11.6 Å². The summed E-state index contributed by atoms with van der Waals surface area (Å²) in [6.45, 7) is 2.17. The molecule has 0 atom stereocenters. The molecular formula is C14H20ClNO. The quantitative estimate of drug-likeness (QED) is 0.569. The number of benzene rings is 1. The van der Waals surface area contributed by atoms with Gasteiger partial charge in [-0.25, -0.2) is 0 Å². The van der Waals surface area contributed by atoms with E-state index in [1.807, 2.05) is 24.3 Å².